The van der Waals surface area contributed by atoms with Gasteiger partial charge in [-0.25, -0.2) is 0 Å². The monoisotopic (exact) mass is 275 g/mol. The molecule has 0 radical (unpaired) electrons. The number of carbonyl (C=O) groups is 1. The Labute approximate surface area is 124 Å². The van der Waals surface area contributed by atoms with E-state index in [1.165, 1.54) is 0 Å². The molecule has 3 rings (SSSR count). The summed E-state index contributed by atoms with van der Waals surface area (Å²) in [6.07, 6.45) is 2.57. The fourth-order valence-electron chi connectivity index (χ4n) is 2.69. The van der Waals surface area contributed by atoms with Crippen molar-refractivity contribution >= 4 is 16.7 Å². The molecule has 1 heterocycles. The molecule has 0 aliphatic heterocycles. The van der Waals surface area contributed by atoms with Gasteiger partial charge >= 0.3 is 0 Å². The van der Waals surface area contributed by atoms with Gasteiger partial charge in [0.15, 0.2) is 5.78 Å². The average molecular weight is 275 g/mol. The molecule has 0 aliphatic carbocycles. The van der Waals surface area contributed by atoms with Crippen LogP contribution < -0.4 is 0 Å². The third-order valence-corrected chi connectivity index (χ3v) is 3.81. The van der Waals surface area contributed by atoms with Gasteiger partial charge in [0.1, 0.15) is 0 Å². The van der Waals surface area contributed by atoms with Crippen molar-refractivity contribution in [2.45, 2.75) is 19.3 Å². The van der Waals surface area contributed by atoms with E-state index in [4.69, 9.17) is 0 Å². The minimum atomic E-state index is -0.0830. The number of benzene rings is 2. The van der Waals surface area contributed by atoms with Gasteiger partial charge in [-0.3, -0.25) is 9.78 Å². The summed E-state index contributed by atoms with van der Waals surface area (Å²) in [6, 6.07) is 19.6. The summed E-state index contributed by atoms with van der Waals surface area (Å²) in [7, 11) is 0. The Bertz CT molecular complexity index is 765. The van der Waals surface area contributed by atoms with Crippen molar-refractivity contribution in [3.63, 3.8) is 0 Å². The van der Waals surface area contributed by atoms with E-state index in [0.717, 1.165) is 28.5 Å². The van der Waals surface area contributed by atoms with Crippen molar-refractivity contribution in [1.29, 1.82) is 0 Å². The number of aromatic nitrogens is 1. The van der Waals surface area contributed by atoms with E-state index in [1.54, 1.807) is 6.20 Å². The lowest BCUT2D eigenvalue weighted by Gasteiger charge is -2.14. The molecule has 0 amide bonds. The molecule has 0 unspecified atom stereocenters. The molecule has 21 heavy (non-hydrogen) atoms. The van der Waals surface area contributed by atoms with E-state index < -0.39 is 0 Å². The SMILES string of the molecule is CC[C@@H](C(=O)c1ccc2ncccc2c1)c1ccccc1. The van der Waals surface area contributed by atoms with E-state index >= 15 is 0 Å². The number of hydrogen-bond donors (Lipinski definition) is 0. The summed E-state index contributed by atoms with van der Waals surface area (Å²) < 4.78 is 0. The second-order valence-corrected chi connectivity index (χ2v) is 5.15. The highest BCUT2D eigenvalue weighted by molar-refractivity contribution is 6.03. The van der Waals surface area contributed by atoms with Crippen LogP contribution in [0, 0.1) is 0 Å². The van der Waals surface area contributed by atoms with Crippen LogP contribution in [0.15, 0.2) is 66.9 Å². The van der Waals surface area contributed by atoms with Crippen LogP contribution in [0.25, 0.3) is 10.9 Å². The average Bonchev–Trinajstić information content (AvgIpc) is 2.56. The standard InChI is InChI=1S/C19H17NO/c1-2-17(14-7-4-3-5-8-14)19(21)16-10-11-18-15(13-16)9-6-12-20-18/h3-13,17H,2H2,1H3/t17-/m1/s1. The molecular formula is C19H17NO. The van der Waals surface area contributed by atoms with Crippen LogP contribution in [0.4, 0.5) is 0 Å². The molecule has 0 N–H and O–H groups in total. The number of fused-ring (bicyclic) bond motifs is 1. The summed E-state index contributed by atoms with van der Waals surface area (Å²) in [5, 5.41) is 1.01. The normalized spacial score (nSPS) is 12.2. The highest BCUT2D eigenvalue weighted by atomic mass is 16.1. The molecule has 2 aromatic carbocycles. The molecule has 0 bridgehead atoms. The zero-order valence-corrected chi connectivity index (χ0v) is 12.0. The van der Waals surface area contributed by atoms with Gasteiger partial charge in [-0.15, -0.1) is 0 Å². The van der Waals surface area contributed by atoms with Crippen molar-refractivity contribution in [3.05, 3.63) is 78.0 Å². The van der Waals surface area contributed by atoms with Crippen molar-refractivity contribution < 1.29 is 4.79 Å². The largest absolute Gasteiger partial charge is 0.293 e. The summed E-state index contributed by atoms with van der Waals surface area (Å²) in [6.45, 7) is 2.05. The Morgan fingerprint density at radius 1 is 1.05 bits per heavy atom. The number of Topliss-reactive ketones (excluding diaryl/α,β-unsaturated/α-hetero) is 1. The van der Waals surface area contributed by atoms with Crippen molar-refractivity contribution in [3.8, 4) is 0 Å². The number of nitrogens with zero attached hydrogens (tertiary/aromatic N) is 1. The molecule has 0 saturated heterocycles. The topological polar surface area (TPSA) is 30.0 Å². The minimum absolute atomic E-state index is 0.0830. The zero-order valence-electron chi connectivity index (χ0n) is 12.0. The quantitative estimate of drug-likeness (QED) is 0.651. The zero-order chi connectivity index (χ0) is 14.7. The number of ketones is 1. The van der Waals surface area contributed by atoms with Crippen molar-refractivity contribution in [1.82, 2.24) is 4.98 Å². The lowest BCUT2D eigenvalue weighted by atomic mass is 9.88. The highest BCUT2D eigenvalue weighted by Gasteiger charge is 2.20. The smallest absolute Gasteiger partial charge is 0.170 e. The molecule has 1 aromatic heterocycles. The van der Waals surface area contributed by atoms with E-state index in [1.807, 2.05) is 60.7 Å². The summed E-state index contributed by atoms with van der Waals surface area (Å²) >= 11 is 0. The van der Waals surface area contributed by atoms with Gasteiger partial charge in [0.05, 0.1) is 5.52 Å². The predicted octanol–water partition coefficient (Wildman–Crippen LogP) is 4.61. The van der Waals surface area contributed by atoms with Gasteiger partial charge in [0, 0.05) is 23.1 Å². The first-order valence-electron chi connectivity index (χ1n) is 7.23. The van der Waals surface area contributed by atoms with E-state index in [2.05, 4.69) is 11.9 Å². The van der Waals surface area contributed by atoms with Crippen LogP contribution >= 0.6 is 0 Å². The highest BCUT2D eigenvalue weighted by Crippen LogP contribution is 2.25. The number of carbonyl (C=O) groups excluding carboxylic acids is 1. The molecule has 3 aromatic rings. The molecule has 0 saturated carbocycles. The molecule has 1 atom stereocenters. The first-order chi connectivity index (χ1) is 10.3. The van der Waals surface area contributed by atoms with Crippen LogP contribution in [0.1, 0.15) is 35.2 Å². The van der Waals surface area contributed by atoms with Gasteiger partial charge in [-0.05, 0) is 36.2 Å². The van der Waals surface area contributed by atoms with Gasteiger partial charge in [-0.1, -0.05) is 43.3 Å². The maximum Gasteiger partial charge on any atom is 0.170 e. The Hall–Kier alpha value is -2.48. The van der Waals surface area contributed by atoms with Crippen LogP contribution in [0.5, 0.6) is 0 Å². The first kappa shape index (κ1) is 13.5. The van der Waals surface area contributed by atoms with Crippen LogP contribution in [-0.2, 0) is 0 Å². The molecule has 0 fully saturated rings. The molecule has 2 nitrogen and oxygen atoms in total. The number of rotatable bonds is 4. The summed E-state index contributed by atoms with van der Waals surface area (Å²) in [5.74, 6) is 0.0924. The summed E-state index contributed by atoms with van der Waals surface area (Å²) in [5.41, 5.74) is 2.75. The lowest BCUT2D eigenvalue weighted by molar-refractivity contribution is 0.0957. The van der Waals surface area contributed by atoms with Crippen LogP contribution in [0.2, 0.25) is 0 Å². The maximum absolute atomic E-state index is 12.8. The first-order valence-corrected chi connectivity index (χ1v) is 7.23. The molecular weight excluding hydrogens is 258 g/mol. The Balaban J connectivity index is 1.98. The van der Waals surface area contributed by atoms with Gasteiger partial charge < -0.3 is 0 Å². The Kier molecular flexibility index (Phi) is 3.78. The number of hydrogen-bond acceptors (Lipinski definition) is 2. The fourth-order valence-corrected chi connectivity index (χ4v) is 2.69. The van der Waals surface area contributed by atoms with Crippen molar-refractivity contribution in [2.24, 2.45) is 0 Å². The molecule has 0 spiro atoms. The molecule has 104 valence electrons. The summed E-state index contributed by atoms with van der Waals surface area (Å²) in [4.78, 5) is 17.1. The Morgan fingerprint density at radius 2 is 1.86 bits per heavy atom. The predicted molar refractivity (Wildman–Crippen MR) is 85.5 cm³/mol. The van der Waals surface area contributed by atoms with Crippen molar-refractivity contribution in [2.75, 3.05) is 0 Å². The third-order valence-electron chi connectivity index (χ3n) is 3.81. The maximum atomic E-state index is 12.8. The van der Waals surface area contributed by atoms with E-state index in [9.17, 15) is 4.79 Å². The second kappa shape index (κ2) is 5.88. The lowest BCUT2D eigenvalue weighted by Crippen LogP contribution is -2.12. The van der Waals surface area contributed by atoms with Gasteiger partial charge in [0.25, 0.3) is 0 Å². The minimum Gasteiger partial charge on any atom is -0.293 e. The fraction of sp³-hybridized carbons (Fsp3) is 0.158. The van der Waals surface area contributed by atoms with E-state index in [-0.39, 0.29) is 11.7 Å². The molecule has 0 aliphatic rings. The van der Waals surface area contributed by atoms with Gasteiger partial charge in [0.2, 0.25) is 0 Å². The second-order valence-electron chi connectivity index (χ2n) is 5.15. The third kappa shape index (κ3) is 2.70. The Morgan fingerprint density at radius 3 is 2.62 bits per heavy atom. The van der Waals surface area contributed by atoms with Gasteiger partial charge in [-0.2, -0.15) is 0 Å². The van der Waals surface area contributed by atoms with Crippen LogP contribution in [-0.4, -0.2) is 10.8 Å². The van der Waals surface area contributed by atoms with E-state index in [0.29, 0.717) is 0 Å². The van der Waals surface area contributed by atoms with Crippen LogP contribution in [0.3, 0.4) is 0 Å². The molecule has 2 heteroatoms. The number of pyridine rings is 1.